The summed E-state index contributed by atoms with van der Waals surface area (Å²) in [5, 5.41) is 4.94. The highest BCUT2D eigenvalue weighted by Crippen LogP contribution is 2.17. The van der Waals surface area contributed by atoms with Crippen molar-refractivity contribution in [2.45, 2.75) is 13.0 Å². The second kappa shape index (κ2) is 6.14. The summed E-state index contributed by atoms with van der Waals surface area (Å²) in [6, 6.07) is 12.1. The Hall–Kier alpha value is -2.43. The fourth-order valence-electron chi connectivity index (χ4n) is 1.78. The van der Waals surface area contributed by atoms with Crippen LogP contribution in [-0.4, -0.2) is 6.03 Å². The van der Waals surface area contributed by atoms with Gasteiger partial charge in [-0.15, -0.1) is 0 Å². The van der Waals surface area contributed by atoms with E-state index in [9.17, 15) is 13.6 Å². The number of nitrogens with one attached hydrogen (secondary N) is 2. The summed E-state index contributed by atoms with van der Waals surface area (Å²) in [7, 11) is 0. The Morgan fingerprint density at radius 1 is 1.05 bits per heavy atom. The van der Waals surface area contributed by atoms with Crippen molar-refractivity contribution in [3.8, 4) is 0 Å². The zero-order valence-corrected chi connectivity index (χ0v) is 10.9. The number of halogens is 2. The van der Waals surface area contributed by atoms with E-state index >= 15 is 0 Å². The number of amides is 2. The van der Waals surface area contributed by atoms with Gasteiger partial charge in [0, 0.05) is 0 Å². The van der Waals surface area contributed by atoms with E-state index in [0.717, 1.165) is 11.6 Å². The lowest BCUT2D eigenvalue weighted by Gasteiger charge is -2.15. The molecule has 5 heteroatoms. The van der Waals surface area contributed by atoms with E-state index in [2.05, 4.69) is 10.6 Å². The van der Waals surface area contributed by atoms with E-state index in [1.165, 1.54) is 12.1 Å². The molecule has 104 valence electrons. The number of carbonyl (C=O) groups excluding carboxylic acids is 1. The highest BCUT2D eigenvalue weighted by atomic mass is 19.2. The van der Waals surface area contributed by atoms with Crippen molar-refractivity contribution in [1.29, 1.82) is 0 Å². The van der Waals surface area contributed by atoms with E-state index in [1.807, 2.05) is 30.3 Å². The maximum Gasteiger partial charge on any atom is 0.319 e. The topological polar surface area (TPSA) is 41.1 Å². The van der Waals surface area contributed by atoms with Gasteiger partial charge in [-0.25, -0.2) is 13.6 Å². The summed E-state index contributed by atoms with van der Waals surface area (Å²) in [6.07, 6.45) is 0. The van der Waals surface area contributed by atoms with E-state index in [-0.39, 0.29) is 11.7 Å². The Balaban J connectivity index is 2.01. The summed E-state index contributed by atoms with van der Waals surface area (Å²) >= 11 is 0. The lowest BCUT2D eigenvalue weighted by atomic mass is 10.1. The van der Waals surface area contributed by atoms with Crippen LogP contribution < -0.4 is 10.6 Å². The molecular weight excluding hydrogens is 262 g/mol. The Kier molecular flexibility index (Phi) is 4.30. The molecule has 2 aromatic rings. The second-order valence-corrected chi connectivity index (χ2v) is 4.33. The van der Waals surface area contributed by atoms with Crippen molar-refractivity contribution in [1.82, 2.24) is 5.32 Å². The first-order valence-corrected chi connectivity index (χ1v) is 6.14. The fraction of sp³-hybridized carbons (Fsp3) is 0.133. The van der Waals surface area contributed by atoms with Crippen LogP contribution in [0, 0.1) is 11.6 Å². The normalized spacial score (nSPS) is 11.8. The molecule has 0 aliphatic heterocycles. The predicted molar refractivity (Wildman–Crippen MR) is 73.4 cm³/mol. The summed E-state index contributed by atoms with van der Waals surface area (Å²) in [5.41, 5.74) is 0.727. The van der Waals surface area contributed by atoms with E-state index < -0.39 is 17.7 Å². The molecule has 20 heavy (non-hydrogen) atoms. The molecule has 0 aliphatic rings. The minimum atomic E-state index is -1.07. The molecule has 0 bridgehead atoms. The van der Waals surface area contributed by atoms with Crippen molar-refractivity contribution in [3.05, 3.63) is 65.7 Å². The van der Waals surface area contributed by atoms with Gasteiger partial charge in [0.15, 0.2) is 11.6 Å². The minimum absolute atomic E-state index is 0.192. The molecule has 1 atom stereocenters. The lowest BCUT2D eigenvalue weighted by molar-refractivity contribution is 0.249. The molecule has 2 rings (SSSR count). The fourth-order valence-corrected chi connectivity index (χ4v) is 1.78. The SMILES string of the molecule is C[C@@H](NC(=O)Nc1cccc(F)c1F)c1ccccc1. The smallest absolute Gasteiger partial charge is 0.319 e. The van der Waals surface area contributed by atoms with E-state index in [4.69, 9.17) is 0 Å². The molecule has 2 aromatic carbocycles. The number of urea groups is 1. The summed E-state index contributed by atoms with van der Waals surface area (Å²) in [4.78, 5) is 11.7. The van der Waals surface area contributed by atoms with Crippen LogP contribution in [0.15, 0.2) is 48.5 Å². The Labute approximate surface area is 115 Å². The molecule has 0 saturated heterocycles. The van der Waals surface area contributed by atoms with Crippen molar-refractivity contribution in [2.24, 2.45) is 0 Å². The Bertz CT molecular complexity index is 602. The van der Waals surface area contributed by atoms with Crippen LogP contribution in [0.25, 0.3) is 0 Å². The van der Waals surface area contributed by atoms with Crippen LogP contribution in [-0.2, 0) is 0 Å². The molecule has 0 spiro atoms. The standard InChI is InChI=1S/C15H14F2N2O/c1-10(11-6-3-2-4-7-11)18-15(20)19-13-9-5-8-12(16)14(13)17/h2-10H,1H3,(H2,18,19,20)/t10-/m1/s1. The molecule has 0 fully saturated rings. The Morgan fingerprint density at radius 2 is 1.75 bits per heavy atom. The Morgan fingerprint density at radius 3 is 2.45 bits per heavy atom. The van der Waals surface area contributed by atoms with Gasteiger partial charge in [0.25, 0.3) is 0 Å². The maximum absolute atomic E-state index is 13.4. The summed E-state index contributed by atoms with van der Waals surface area (Å²) < 4.78 is 26.4. The molecule has 0 unspecified atom stereocenters. The lowest BCUT2D eigenvalue weighted by Crippen LogP contribution is -2.31. The highest BCUT2D eigenvalue weighted by Gasteiger charge is 2.13. The van der Waals surface area contributed by atoms with Gasteiger partial charge in [0.05, 0.1) is 11.7 Å². The summed E-state index contributed by atoms with van der Waals surface area (Å²) in [6.45, 7) is 1.80. The second-order valence-electron chi connectivity index (χ2n) is 4.33. The average Bonchev–Trinajstić information content (AvgIpc) is 2.45. The molecule has 0 heterocycles. The predicted octanol–water partition coefficient (Wildman–Crippen LogP) is 3.85. The van der Waals surface area contributed by atoms with Gasteiger partial charge in [-0.3, -0.25) is 0 Å². The molecule has 0 saturated carbocycles. The third kappa shape index (κ3) is 3.32. The van der Waals surface area contributed by atoms with E-state index in [1.54, 1.807) is 6.92 Å². The third-order valence-electron chi connectivity index (χ3n) is 2.85. The van der Waals surface area contributed by atoms with E-state index in [0.29, 0.717) is 0 Å². The van der Waals surface area contributed by atoms with Gasteiger partial charge in [-0.1, -0.05) is 36.4 Å². The number of rotatable bonds is 3. The average molecular weight is 276 g/mol. The minimum Gasteiger partial charge on any atom is -0.331 e. The molecule has 0 aromatic heterocycles. The zero-order valence-electron chi connectivity index (χ0n) is 10.9. The van der Waals surface area contributed by atoms with Crippen LogP contribution >= 0.6 is 0 Å². The first-order chi connectivity index (χ1) is 9.58. The maximum atomic E-state index is 13.4. The number of anilines is 1. The van der Waals surface area contributed by atoms with Crippen LogP contribution in [0.1, 0.15) is 18.5 Å². The van der Waals surface area contributed by atoms with Crippen LogP contribution in [0.2, 0.25) is 0 Å². The largest absolute Gasteiger partial charge is 0.331 e. The quantitative estimate of drug-likeness (QED) is 0.878. The van der Waals surface area contributed by atoms with Gasteiger partial charge in [0.2, 0.25) is 0 Å². The van der Waals surface area contributed by atoms with Crippen LogP contribution in [0.3, 0.4) is 0 Å². The van der Waals surface area contributed by atoms with Gasteiger partial charge in [-0.2, -0.15) is 0 Å². The number of hydrogen-bond acceptors (Lipinski definition) is 1. The number of benzene rings is 2. The molecular formula is C15H14F2N2O. The van der Waals surface area contributed by atoms with Crippen molar-refractivity contribution in [3.63, 3.8) is 0 Å². The highest BCUT2D eigenvalue weighted by molar-refractivity contribution is 5.89. The third-order valence-corrected chi connectivity index (χ3v) is 2.85. The molecule has 3 nitrogen and oxygen atoms in total. The van der Waals surface area contributed by atoms with Gasteiger partial charge < -0.3 is 10.6 Å². The van der Waals surface area contributed by atoms with Crippen molar-refractivity contribution in [2.75, 3.05) is 5.32 Å². The van der Waals surface area contributed by atoms with Crippen molar-refractivity contribution < 1.29 is 13.6 Å². The van der Waals surface area contributed by atoms with Crippen molar-refractivity contribution >= 4 is 11.7 Å². The van der Waals surface area contributed by atoms with Gasteiger partial charge >= 0.3 is 6.03 Å². The zero-order chi connectivity index (χ0) is 14.5. The van der Waals surface area contributed by atoms with Gasteiger partial charge in [0.1, 0.15) is 0 Å². The first kappa shape index (κ1) is 14.0. The van der Waals surface area contributed by atoms with Crippen LogP contribution in [0.5, 0.6) is 0 Å². The van der Waals surface area contributed by atoms with Crippen LogP contribution in [0.4, 0.5) is 19.3 Å². The molecule has 2 amide bonds. The first-order valence-electron chi connectivity index (χ1n) is 6.14. The molecule has 2 N–H and O–H groups in total. The van der Waals surface area contributed by atoms with Gasteiger partial charge in [-0.05, 0) is 24.6 Å². The number of carbonyl (C=O) groups is 1. The molecule has 0 aliphatic carbocycles. The molecule has 0 radical (unpaired) electrons. The number of hydrogen-bond donors (Lipinski definition) is 2. The summed E-state index contributed by atoms with van der Waals surface area (Å²) in [5.74, 6) is -2.08. The monoisotopic (exact) mass is 276 g/mol.